The van der Waals surface area contributed by atoms with Crippen LogP contribution in [-0.4, -0.2) is 46.6 Å². The Labute approximate surface area is 147 Å². The molecule has 0 bridgehead atoms. The molecule has 1 aliphatic heterocycles. The minimum atomic E-state index is -0.0820. The largest absolute Gasteiger partial charge is 0.360 e. The molecule has 2 aromatic heterocycles. The minimum Gasteiger partial charge on any atom is -0.360 e. The number of pyridine rings is 1. The summed E-state index contributed by atoms with van der Waals surface area (Å²) in [6, 6.07) is 7.97. The van der Waals surface area contributed by atoms with Crippen molar-refractivity contribution in [3.8, 4) is 0 Å². The second-order valence-corrected chi connectivity index (χ2v) is 6.43. The van der Waals surface area contributed by atoms with Crippen molar-refractivity contribution in [1.29, 1.82) is 0 Å². The van der Waals surface area contributed by atoms with Gasteiger partial charge in [0.25, 0.3) is 0 Å². The Morgan fingerprint density at radius 3 is 3.08 bits per heavy atom. The second-order valence-electron chi connectivity index (χ2n) is 6.43. The first-order valence-electron chi connectivity index (χ1n) is 8.78. The number of hydrogen-bond donors (Lipinski definition) is 2. The van der Waals surface area contributed by atoms with Crippen LogP contribution < -0.4 is 10.6 Å². The molecule has 0 aliphatic carbocycles. The molecule has 0 radical (unpaired) electrons. The fourth-order valence-corrected chi connectivity index (χ4v) is 3.17. The Hall–Kier alpha value is -2.25. The van der Waals surface area contributed by atoms with E-state index in [-0.39, 0.29) is 5.91 Å². The van der Waals surface area contributed by atoms with Gasteiger partial charge in [-0.2, -0.15) is 0 Å². The number of nitrogens with zero attached hydrogens (tertiary/aromatic N) is 3. The number of carbonyl (C=O) groups excluding carboxylic acids is 1. The summed E-state index contributed by atoms with van der Waals surface area (Å²) in [5, 5.41) is 10.1. The van der Waals surface area contributed by atoms with Gasteiger partial charge < -0.3 is 15.2 Å². The van der Waals surface area contributed by atoms with Gasteiger partial charge in [-0.3, -0.25) is 14.7 Å². The normalized spacial score (nSPS) is 18.1. The van der Waals surface area contributed by atoms with Crippen molar-refractivity contribution in [2.45, 2.75) is 38.8 Å². The quantitative estimate of drug-likeness (QED) is 0.834. The maximum atomic E-state index is 12.5. The van der Waals surface area contributed by atoms with Gasteiger partial charge >= 0.3 is 0 Å². The summed E-state index contributed by atoms with van der Waals surface area (Å²) in [5.74, 6) is 1.06. The molecule has 25 heavy (non-hydrogen) atoms. The maximum Gasteiger partial charge on any atom is 0.239 e. The molecule has 0 aromatic carbocycles. The molecule has 1 fully saturated rings. The summed E-state index contributed by atoms with van der Waals surface area (Å²) >= 11 is 0. The van der Waals surface area contributed by atoms with Crippen molar-refractivity contribution in [3.63, 3.8) is 0 Å². The van der Waals surface area contributed by atoms with Crippen LogP contribution >= 0.6 is 0 Å². The van der Waals surface area contributed by atoms with Crippen LogP contribution in [0, 0.1) is 6.92 Å². The van der Waals surface area contributed by atoms with Crippen molar-refractivity contribution in [3.05, 3.63) is 41.9 Å². The Kier molecular flexibility index (Phi) is 6.14. The molecule has 1 unspecified atom stereocenters. The smallest absolute Gasteiger partial charge is 0.239 e. The molecule has 0 saturated carbocycles. The summed E-state index contributed by atoms with van der Waals surface area (Å²) in [5.41, 5.74) is 0.977. The van der Waals surface area contributed by atoms with Crippen molar-refractivity contribution in [1.82, 2.24) is 20.4 Å². The predicted molar refractivity (Wildman–Crippen MR) is 95.0 cm³/mol. The predicted octanol–water partition coefficient (Wildman–Crippen LogP) is 1.96. The monoisotopic (exact) mass is 343 g/mol. The molecule has 0 spiro atoms. The lowest BCUT2D eigenvalue weighted by atomic mass is 10.1. The number of aryl methyl sites for hydroxylation is 1. The van der Waals surface area contributed by atoms with Gasteiger partial charge in [0.2, 0.25) is 5.91 Å². The lowest BCUT2D eigenvalue weighted by Crippen LogP contribution is -2.41. The van der Waals surface area contributed by atoms with E-state index in [9.17, 15) is 4.79 Å². The molecule has 1 atom stereocenters. The number of hydrogen-bond acceptors (Lipinski definition) is 6. The van der Waals surface area contributed by atoms with E-state index in [0.29, 0.717) is 30.7 Å². The highest BCUT2D eigenvalue weighted by Gasteiger charge is 2.23. The Morgan fingerprint density at radius 2 is 2.32 bits per heavy atom. The van der Waals surface area contributed by atoms with Crippen molar-refractivity contribution in [2.75, 3.05) is 25.0 Å². The molecule has 1 aliphatic rings. The first kappa shape index (κ1) is 17.6. The first-order valence-corrected chi connectivity index (χ1v) is 8.78. The zero-order valence-electron chi connectivity index (χ0n) is 14.6. The van der Waals surface area contributed by atoms with Crippen molar-refractivity contribution in [2.24, 2.45) is 0 Å². The van der Waals surface area contributed by atoms with Crippen molar-refractivity contribution >= 4 is 11.7 Å². The summed E-state index contributed by atoms with van der Waals surface area (Å²) in [7, 11) is 0. The molecule has 2 N–H and O–H groups in total. The average molecular weight is 343 g/mol. The van der Waals surface area contributed by atoms with Gasteiger partial charge in [0, 0.05) is 24.8 Å². The molecule has 7 heteroatoms. The molecule has 134 valence electrons. The second kappa shape index (κ2) is 8.73. The van der Waals surface area contributed by atoms with E-state index in [2.05, 4.69) is 25.7 Å². The fraction of sp³-hybridized carbons (Fsp3) is 0.500. The molecular weight excluding hydrogens is 318 g/mol. The van der Waals surface area contributed by atoms with Crippen LogP contribution in [0.25, 0.3) is 0 Å². The molecule has 3 heterocycles. The third-order valence-corrected chi connectivity index (χ3v) is 4.40. The third kappa shape index (κ3) is 5.37. The van der Waals surface area contributed by atoms with E-state index in [0.717, 1.165) is 38.0 Å². The van der Waals surface area contributed by atoms with E-state index in [1.807, 2.05) is 18.2 Å². The van der Waals surface area contributed by atoms with Crippen LogP contribution in [0.5, 0.6) is 0 Å². The summed E-state index contributed by atoms with van der Waals surface area (Å²) in [4.78, 5) is 19.1. The Balaban J connectivity index is 1.67. The van der Waals surface area contributed by atoms with E-state index < -0.39 is 0 Å². The number of rotatable bonds is 6. The van der Waals surface area contributed by atoms with Gasteiger partial charge in [0.1, 0.15) is 5.76 Å². The summed E-state index contributed by atoms with van der Waals surface area (Å²) in [6.07, 6.45) is 5.02. The third-order valence-electron chi connectivity index (χ3n) is 4.40. The number of amides is 1. The molecule has 3 rings (SSSR count). The SMILES string of the molecule is Cc1cc(NC(=O)CN(Cc2ccccn2)C2CCCNCC2)no1. The van der Waals surface area contributed by atoms with Gasteiger partial charge in [-0.1, -0.05) is 11.2 Å². The van der Waals surface area contributed by atoms with Crippen LogP contribution in [0.1, 0.15) is 30.7 Å². The standard InChI is InChI=1S/C18H25N5O2/c1-14-11-17(22-25-14)21-18(24)13-23(12-15-5-2-3-9-20-15)16-6-4-8-19-10-7-16/h2-3,5,9,11,16,19H,4,6-8,10,12-13H2,1H3,(H,21,22,24). The van der Waals surface area contributed by atoms with Gasteiger partial charge in [-0.15, -0.1) is 0 Å². The average Bonchev–Trinajstić information content (AvgIpc) is 2.86. The van der Waals surface area contributed by atoms with Crippen molar-refractivity contribution < 1.29 is 9.32 Å². The Morgan fingerprint density at radius 1 is 1.40 bits per heavy atom. The zero-order chi connectivity index (χ0) is 17.5. The molecule has 1 saturated heterocycles. The molecule has 7 nitrogen and oxygen atoms in total. The number of nitrogens with one attached hydrogen (secondary N) is 2. The fourth-order valence-electron chi connectivity index (χ4n) is 3.17. The number of anilines is 1. The van der Waals surface area contributed by atoms with Crippen LogP contribution in [0.2, 0.25) is 0 Å². The summed E-state index contributed by atoms with van der Waals surface area (Å²) < 4.78 is 5.00. The molecule has 1 amide bonds. The highest BCUT2D eigenvalue weighted by atomic mass is 16.5. The van der Waals surface area contributed by atoms with E-state index in [1.165, 1.54) is 0 Å². The van der Waals surface area contributed by atoms with Crippen LogP contribution in [0.3, 0.4) is 0 Å². The highest BCUT2D eigenvalue weighted by molar-refractivity contribution is 5.91. The number of aromatic nitrogens is 2. The van der Waals surface area contributed by atoms with Crippen LogP contribution in [-0.2, 0) is 11.3 Å². The van der Waals surface area contributed by atoms with E-state index in [4.69, 9.17) is 4.52 Å². The topological polar surface area (TPSA) is 83.3 Å². The van der Waals surface area contributed by atoms with Crippen LogP contribution in [0.4, 0.5) is 5.82 Å². The van der Waals surface area contributed by atoms with Gasteiger partial charge in [0.15, 0.2) is 5.82 Å². The molecule has 2 aromatic rings. The van der Waals surface area contributed by atoms with E-state index >= 15 is 0 Å². The lowest BCUT2D eigenvalue weighted by molar-refractivity contribution is -0.118. The van der Waals surface area contributed by atoms with E-state index in [1.54, 1.807) is 19.2 Å². The molecular formula is C18H25N5O2. The zero-order valence-corrected chi connectivity index (χ0v) is 14.6. The number of carbonyl (C=O) groups is 1. The lowest BCUT2D eigenvalue weighted by Gasteiger charge is -2.30. The van der Waals surface area contributed by atoms with Gasteiger partial charge in [-0.25, -0.2) is 0 Å². The highest BCUT2D eigenvalue weighted by Crippen LogP contribution is 2.16. The first-order chi connectivity index (χ1) is 12.2. The van der Waals surface area contributed by atoms with Crippen LogP contribution in [0.15, 0.2) is 35.0 Å². The van der Waals surface area contributed by atoms with Gasteiger partial charge in [-0.05, 0) is 51.4 Å². The maximum absolute atomic E-state index is 12.5. The minimum absolute atomic E-state index is 0.0820. The summed E-state index contributed by atoms with van der Waals surface area (Å²) in [6.45, 7) is 4.80. The Bertz CT molecular complexity index is 665. The van der Waals surface area contributed by atoms with Gasteiger partial charge in [0.05, 0.1) is 12.2 Å².